The van der Waals surface area contributed by atoms with Crippen molar-refractivity contribution in [3.63, 3.8) is 0 Å². The first-order chi connectivity index (χ1) is 16.6. The van der Waals surface area contributed by atoms with E-state index in [0.29, 0.717) is 45.8 Å². The highest BCUT2D eigenvalue weighted by atomic mass is 32.2. The van der Waals surface area contributed by atoms with Crippen molar-refractivity contribution in [3.05, 3.63) is 97.2 Å². The van der Waals surface area contributed by atoms with Gasteiger partial charge in [0, 0.05) is 35.4 Å². The predicted molar refractivity (Wildman–Crippen MR) is 135 cm³/mol. The molecule has 178 valence electrons. The van der Waals surface area contributed by atoms with Crippen molar-refractivity contribution < 1.29 is 14.5 Å². The Morgan fingerprint density at radius 1 is 1.23 bits per heavy atom. The molecule has 35 heavy (non-hydrogen) atoms. The average Bonchev–Trinajstić information content (AvgIpc) is 2.81. The third kappa shape index (κ3) is 5.05. The van der Waals surface area contributed by atoms with E-state index in [9.17, 15) is 25.0 Å². The van der Waals surface area contributed by atoms with Gasteiger partial charge in [-0.25, -0.2) is 0 Å². The number of nitro groups is 1. The van der Waals surface area contributed by atoms with Gasteiger partial charge in [-0.05, 0) is 24.3 Å². The number of thioether (sulfide) groups is 1. The first kappa shape index (κ1) is 24.4. The van der Waals surface area contributed by atoms with E-state index in [1.54, 1.807) is 24.3 Å². The summed E-state index contributed by atoms with van der Waals surface area (Å²) < 4.78 is 0. The summed E-state index contributed by atoms with van der Waals surface area (Å²) in [7, 11) is 0. The van der Waals surface area contributed by atoms with Crippen molar-refractivity contribution in [2.24, 2.45) is 5.41 Å². The molecule has 8 heteroatoms. The Balaban J connectivity index is 1.75. The molecule has 0 aromatic heterocycles. The van der Waals surface area contributed by atoms with Crippen LogP contribution in [0, 0.1) is 33.8 Å². The van der Waals surface area contributed by atoms with Crippen LogP contribution in [-0.2, 0) is 4.79 Å². The Hall–Kier alpha value is -3.70. The number of nitrogens with one attached hydrogen (secondary N) is 1. The summed E-state index contributed by atoms with van der Waals surface area (Å²) in [6.45, 7) is 5.97. The minimum atomic E-state index is -0.725. The van der Waals surface area contributed by atoms with Gasteiger partial charge in [0.2, 0.25) is 0 Å². The van der Waals surface area contributed by atoms with Crippen molar-refractivity contribution in [2.45, 2.75) is 39.5 Å². The minimum Gasteiger partial charge on any atom is -0.352 e. The number of carbonyl (C=O) groups is 2. The zero-order valence-corrected chi connectivity index (χ0v) is 20.6. The molecule has 0 saturated heterocycles. The van der Waals surface area contributed by atoms with Crippen molar-refractivity contribution in [1.29, 1.82) is 5.26 Å². The smallest absolute Gasteiger partial charge is 0.269 e. The van der Waals surface area contributed by atoms with Gasteiger partial charge < -0.3 is 5.32 Å². The van der Waals surface area contributed by atoms with Crippen LogP contribution in [0.4, 0.5) is 5.69 Å². The van der Waals surface area contributed by atoms with Crippen molar-refractivity contribution in [3.8, 4) is 6.07 Å². The number of benzene rings is 2. The summed E-state index contributed by atoms with van der Waals surface area (Å²) in [6.07, 6.45) is 0.917. The molecule has 0 unspecified atom stereocenters. The van der Waals surface area contributed by atoms with E-state index >= 15 is 0 Å². The Morgan fingerprint density at radius 3 is 2.60 bits per heavy atom. The van der Waals surface area contributed by atoms with E-state index in [4.69, 9.17) is 0 Å². The number of rotatable bonds is 6. The lowest BCUT2D eigenvalue weighted by atomic mass is 9.69. The van der Waals surface area contributed by atoms with Gasteiger partial charge in [-0.3, -0.25) is 19.7 Å². The first-order valence-electron chi connectivity index (χ1n) is 11.2. The summed E-state index contributed by atoms with van der Waals surface area (Å²) in [6, 6.07) is 15.6. The van der Waals surface area contributed by atoms with Crippen LogP contribution in [0.3, 0.4) is 0 Å². The molecule has 1 aliphatic heterocycles. The van der Waals surface area contributed by atoms with Gasteiger partial charge >= 0.3 is 0 Å². The number of allylic oxidation sites excluding steroid dienone is 3. The van der Waals surface area contributed by atoms with E-state index < -0.39 is 10.8 Å². The fourth-order valence-corrected chi connectivity index (χ4v) is 5.56. The first-order valence-corrected chi connectivity index (χ1v) is 12.2. The van der Waals surface area contributed by atoms with Crippen LogP contribution in [0.5, 0.6) is 0 Å². The second-order valence-corrected chi connectivity index (χ2v) is 10.7. The van der Waals surface area contributed by atoms with Crippen LogP contribution in [0.2, 0.25) is 0 Å². The standard InChI is InChI=1S/C27H25N3O4S/c1-16-7-9-17(10-8-16)23(32)15-35-26-20(14-28)24(18-5-4-6-19(11-18)30(33)34)25-21(29-26)12-27(2,3)13-22(25)31/h4-11,24,29H,12-13,15H2,1-3H3/t24-/m1/s1. The van der Waals surface area contributed by atoms with E-state index in [1.807, 2.05) is 32.9 Å². The molecule has 2 aliphatic rings. The van der Waals surface area contributed by atoms with Gasteiger partial charge in [-0.2, -0.15) is 5.26 Å². The minimum absolute atomic E-state index is 0.0756. The van der Waals surface area contributed by atoms with E-state index in [0.717, 1.165) is 5.56 Å². The number of nitriles is 1. The van der Waals surface area contributed by atoms with Crippen LogP contribution in [0.25, 0.3) is 0 Å². The molecule has 2 aromatic carbocycles. The lowest BCUT2D eigenvalue weighted by Crippen LogP contribution is -2.37. The number of dihydropyridines is 1. The Morgan fingerprint density at radius 2 is 1.94 bits per heavy atom. The number of nitrogens with zero attached hydrogens (tertiary/aromatic N) is 2. The lowest BCUT2D eigenvalue weighted by molar-refractivity contribution is -0.384. The maximum absolute atomic E-state index is 13.3. The van der Waals surface area contributed by atoms with E-state index in [-0.39, 0.29) is 28.4 Å². The van der Waals surface area contributed by atoms with Crippen LogP contribution >= 0.6 is 11.8 Å². The number of non-ortho nitro benzene ring substituents is 1. The molecule has 1 N–H and O–H groups in total. The molecule has 0 bridgehead atoms. The molecule has 1 heterocycles. The SMILES string of the molecule is Cc1ccc(C(=O)CSC2=C(C#N)[C@@H](c3cccc([N+](=O)[O-])c3)C3=C(CC(C)(C)CC3=O)N2)cc1. The van der Waals surface area contributed by atoms with Crippen molar-refractivity contribution >= 4 is 29.0 Å². The Bertz CT molecular complexity index is 1330. The molecule has 0 radical (unpaired) electrons. The maximum Gasteiger partial charge on any atom is 0.269 e. The summed E-state index contributed by atoms with van der Waals surface area (Å²) in [5, 5.41) is 25.4. The Kier molecular flexibility index (Phi) is 6.64. The summed E-state index contributed by atoms with van der Waals surface area (Å²) in [5.74, 6) is -0.768. The van der Waals surface area contributed by atoms with Gasteiger partial charge in [0.25, 0.3) is 5.69 Å². The molecule has 0 amide bonds. The third-order valence-electron chi connectivity index (χ3n) is 6.26. The average molecular weight is 488 g/mol. The van der Waals surface area contributed by atoms with Crippen molar-refractivity contribution in [1.82, 2.24) is 5.32 Å². The van der Waals surface area contributed by atoms with Gasteiger partial charge in [-0.1, -0.05) is 67.6 Å². The van der Waals surface area contributed by atoms with Gasteiger partial charge in [-0.15, -0.1) is 0 Å². The summed E-state index contributed by atoms with van der Waals surface area (Å²) in [4.78, 5) is 37.0. The Labute approximate surface area is 208 Å². The lowest BCUT2D eigenvalue weighted by Gasteiger charge is -2.39. The highest BCUT2D eigenvalue weighted by Crippen LogP contribution is 2.48. The van der Waals surface area contributed by atoms with Crippen LogP contribution in [-0.4, -0.2) is 22.2 Å². The number of hydrogen-bond donors (Lipinski definition) is 1. The highest BCUT2D eigenvalue weighted by molar-refractivity contribution is 8.03. The second-order valence-electron chi connectivity index (χ2n) is 9.68. The number of aryl methyl sites for hydroxylation is 1. The molecule has 4 rings (SSSR count). The molecular weight excluding hydrogens is 462 g/mol. The zero-order valence-electron chi connectivity index (χ0n) is 19.8. The second kappa shape index (κ2) is 9.51. The molecule has 1 aliphatic carbocycles. The third-order valence-corrected chi connectivity index (χ3v) is 7.28. The normalized spacial score (nSPS) is 19.0. The molecule has 0 fully saturated rings. The zero-order chi connectivity index (χ0) is 25.3. The summed E-state index contributed by atoms with van der Waals surface area (Å²) in [5.41, 5.74) is 3.27. The fraction of sp³-hybridized carbons (Fsp3) is 0.296. The van der Waals surface area contributed by atoms with E-state index in [2.05, 4.69) is 11.4 Å². The van der Waals surface area contributed by atoms with Gasteiger partial charge in [0.15, 0.2) is 11.6 Å². The number of ketones is 2. The predicted octanol–water partition coefficient (Wildman–Crippen LogP) is 5.58. The van der Waals surface area contributed by atoms with E-state index in [1.165, 1.54) is 23.9 Å². The molecule has 7 nitrogen and oxygen atoms in total. The number of Topliss-reactive ketones (excluding diaryl/α,β-unsaturated/α-hetero) is 2. The van der Waals surface area contributed by atoms with Crippen molar-refractivity contribution in [2.75, 3.05) is 5.75 Å². The van der Waals surface area contributed by atoms with Gasteiger partial charge in [0.1, 0.15) is 0 Å². The summed E-state index contributed by atoms with van der Waals surface area (Å²) >= 11 is 1.22. The molecule has 1 atom stereocenters. The largest absolute Gasteiger partial charge is 0.352 e. The molecule has 0 saturated carbocycles. The monoisotopic (exact) mass is 487 g/mol. The fourth-order valence-electron chi connectivity index (χ4n) is 4.60. The van der Waals surface area contributed by atoms with Crippen LogP contribution < -0.4 is 5.32 Å². The quantitative estimate of drug-likeness (QED) is 0.321. The molecular formula is C27H25N3O4S. The number of hydrogen-bond acceptors (Lipinski definition) is 7. The van der Waals surface area contributed by atoms with Crippen LogP contribution in [0.15, 0.2) is 70.4 Å². The molecule has 2 aromatic rings. The maximum atomic E-state index is 13.3. The van der Waals surface area contributed by atoms with Crippen LogP contribution in [0.1, 0.15) is 54.1 Å². The van der Waals surface area contributed by atoms with Gasteiger partial charge in [0.05, 0.1) is 33.3 Å². The highest BCUT2D eigenvalue weighted by Gasteiger charge is 2.42. The molecule has 0 spiro atoms. The number of carbonyl (C=O) groups excluding carboxylic acids is 2. The topological polar surface area (TPSA) is 113 Å². The number of nitro benzene ring substituents is 1.